The first-order valence-corrected chi connectivity index (χ1v) is 5.52. The quantitative estimate of drug-likeness (QED) is 0.842. The molecule has 0 fully saturated rings. The molecule has 1 aromatic heterocycles. The fourth-order valence-electron chi connectivity index (χ4n) is 1.56. The Morgan fingerprint density at radius 1 is 1.50 bits per heavy atom. The van der Waals surface area contributed by atoms with Crippen molar-refractivity contribution in [1.29, 1.82) is 0 Å². The summed E-state index contributed by atoms with van der Waals surface area (Å²) in [7, 11) is 1.79. The van der Waals surface area contributed by atoms with Crippen LogP contribution in [0.1, 0.15) is 37.0 Å². The van der Waals surface area contributed by atoms with Crippen molar-refractivity contribution in [3.63, 3.8) is 0 Å². The van der Waals surface area contributed by atoms with Gasteiger partial charge in [0.25, 0.3) is 5.91 Å². The van der Waals surface area contributed by atoms with Gasteiger partial charge in [-0.3, -0.25) is 9.59 Å². The van der Waals surface area contributed by atoms with Gasteiger partial charge >= 0.3 is 0 Å². The number of H-pyrrole nitrogens is 1. The number of carbonyl (C=O) groups excluding carboxylic acids is 1. The summed E-state index contributed by atoms with van der Waals surface area (Å²) in [5.41, 5.74) is 0.325. The van der Waals surface area contributed by atoms with Crippen LogP contribution in [0.15, 0.2) is 23.1 Å². The molecule has 1 N–H and O–H groups in total. The van der Waals surface area contributed by atoms with Gasteiger partial charge in [0, 0.05) is 25.4 Å². The number of aromatic amines is 1. The van der Waals surface area contributed by atoms with Gasteiger partial charge in [-0.1, -0.05) is 13.3 Å². The topological polar surface area (TPSA) is 53.2 Å². The third kappa shape index (κ3) is 2.95. The number of carbonyl (C=O) groups is 1. The number of nitrogens with one attached hydrogen (secondary N) is 1. The number of amides is 1. The van der Waals surface area contributed by atoms with Crippen LogP contribution in [0.5, 0.6) is 0 Å². The van der Waals surface area contributed by atoms with Crippen LogP contribution in [0, 0.1) is 0 Å². The van der Waals surface area contributed by atoms with E-state index in [-0.39, 0.29) is 17.5 Å². The van der Waals surface area contributed by atoms with Gasteiger partial charge in [-0.2, -0.15) is 0 Å². The largest absolute Gasteiger partial charge is 0.339 e. The van der Waals surface area contributed by atoms with Crippen molar-refractivity contribution in [3.8, 4) is 0 Å². The van der Waals surface area contributed by atoms with E-state index in [1.54, 1.807) is 18.0 Å². The Balaban J connectivity index is 2.77. The first-order chi connectivity index (χ1) is 7.56. The molecule has 0 aromatic carbocycles. The molecule has 1 heterocycles. The molecule has 0 aliphatic rings. The molecule has 0 saturated heterocycles. The maximum Gasteiger partial charge on any atom is 0.255 e. The molecular formula is C12H18N2O2. The Bertz CT molecular complexity index is 391. The number of hydrogen-bond donors (Lipinski definition) is 1. The van der Waals surface area contributed by atoms with Gasteiger partial charge in [0.15, 0.2) is 0 Å². The standard InChI is InChI=1S/C12H18N2O2/c1-4-5-9(2)14(3)12(16)10-6-7-11(15)13-8-10/h6-9H,4-5H2,1-3H3,(H,13,15). The zero-order valence-electron chi connectivity index (χ0n) is 9.99. The summed E-state index contributed by atoms with van der Waals surface area (Å²) in [4.78, 5) is 27.1. The van der Waals surface area contributed by atoms with E-state index in [4.69, 9.17) is 0 Å². The lowest BCUT2D eigenvalue weighted by Crippen LogP contribution is -2.35. The van der Waals surface area contributed by atoms with Gasteiger partial charge in [-0.15, -0.1) is 0 Å². The van der Waals surface area contributed by atoms with E-state index in [2.05, 4.69) is 11.9 Å². The second-order valence-electron chi connectivity index (χ2n) is 4.00. The van der Waals surface area contributed by atoms with Gasteiger partial charge < -0.3 is 9.88 Å². The summed E-state index contributed by atoms with van der Waals surface area (Å²) in [6.45, 7) is 4.11. The average Bonchev–Trinajstić information content (AvgIpc) is 2.28. The minimum absolute atomic E-state index is 0.0581. The molecule has 88 valence electrons. The molecule has 0 aliphatic heterocycles. The van der Waals surface area contributed by atoms with Crippen LogP contribution in [-0.4, -0.2) is 28.9 Å². The molecule has 1 unspecified atom stereocenters. The highest BCUT2D eigenvalue weighted by Gasteiger charge is 2.16. The summed E-state index contributed by atoms with van der Waals surface area (Å²) in [6.07, 6.45) is 3.48. The molecule has 1 amide bonds. The minimum Gasteiger partial charge on any atom is -0.339 e. The molecule has 1 rings (SSSR count). The van der Waals surface area contributed by atoms with E-state index >= 15 is 0 Å². The summed E-state index contributed by atoms with van der Waals surface area (Å²) < 4.78 is 0. The molecule has 0 spiro atoms. The number of nitrogens with zero attached hydrogens (tertiary/aromatic N) is 1. The predicted molar refractivity (Wildman–Crippen MR) is 63.5 cm³/mol. The van der Waals surface area contributed by atoms with Gasteiger partial charge in [0.05, 0.1) is 5.56 Å². The molecule has 16 heavy (non-hydrogen) atoms. The molecule has 0 bridgehead atoms. The second-order valence-corrected chi connectivity index (χ2v) is 4.00. The van der Waals surface area contributed by atoms with Crippen molar-refractivity contribution < 1.29 is 4.79 Å². The summed E-state index contributed by atoms with van der Waals surface area (Å²) in [5, 5.41) is 0. The molecule has 0 saturated carbocycles. The molecule has 1 aromatic rings. The molecule has 1 atom stereocenters. The maximum absolute atomic E-state index is 12.0. The van der Waals surface area contributed by atoms with Crippen LogP contribution in [0.4, 0.5) is 0 Å². The molecule has 4 heteroatoms. The van der Waals surface area contributed by atoms with E-state index in [0.29, 0.717) is 5.56 Å². The molecule has 0 aliphatic carbocycles. The van der Waals surface area contributed by atoms with E-state index in [1.165, 1.54) is 12.3 Å². The number of aromatic nitrogens is 1. The Kier molecular flexibility index (Phi) is 4.28. The van der Waals surface area contributed by atoms with Gasteiger partial charge in [0.1, 0.15) is 0 Å². The monoisotopic (exact) mass is 222 g/mol. The van der Waals surface area contributed by atoms with Crippen LogP contribution < -0.4 is 5.56 Å². The third-order valence-electron chi connectivity index (χ3n) is 2.72. The van der Waals surface area contributed by atoms with Crippen molar-refractivity contribution in [2.75, 3.05) is 7.05 Å². The molecule has 0 radical (unpaired) electrons. The molecular weight excluding hydrogens is 204 g/mol. The first-order valence-electron chi connectivity index (χ1n) is 5.52. The number of rotatable bonds is 4. The van der Waals surface area contributed by atoms with Crippen LogP contribution >= 0.6 is 0 Å². The smallest absolute Gasteiger partial charge is 0.255 e. The van der Waals surface area contributed by atoms with Crippen LogP contribution in [0.2, 0.25) is 0 Å². The zero-order valence-corrected chi connectivity index (χ0v) is 9.99. The van der Waals surface area contributed by atoms with Gasteiger partial charge in [-0.25, -0.2) is 0 Å². The lowest BCUT2D eigenvalue weighted by Gasteiger charge is -2.24. The van der Waals surface area contributed by atoms with Gasteiger partial charge in [0.2, 0.25) is 5.56 Å². The summed E-state index contributed by atoms with van der Waals surface area (Å²) in [6, 6.07) is 3.13. The van der Waals surface area contributed by atoms with Crippen LogP contribution in [-0.2, 0) is 0 Å². The highest BCUT2D eigenvalue weighted by atomic mass is 16.2. The maximum atomic E-state index is 12.0. The Morgan fingerprint density at radius 2 is 2.19 bits per heavy atom. The number of hydrogen-bond acceptors (Lipinski definition) is 2. The first kappa shape index (κ1) is 12.5. The van der Waals surface area contributed by atoms with Gasteiger partial charge in [-0.05, 0) is 19.4 Å². The molecule has 4 nitrogen and oxygen atoms in total. The fraction of sp³-hybridized carbons (Fsp3) is 0.500. The average molecular weight is 222 g/mol. The van der Waals surface area contributed by atoms with Crippen LogP contribution in [0.25, 0.3) is 0 Å². The zero-order chi connectivity index (χ0) is 12.1. The lowest BCUT2D eigenvalue weighted by molar-refractivity contribution is 0.0736. The van der Waals surface area contributed by atoms with Crippen LogP contribution in [0.3, 0.4) is 0 Å². The van der Waals surface area contributed by atoms with Crippen molar-refractivity contribution >= 4 is 5.91 Å². The normalized spacial score (nSPS) is 12.2. The Hall–Kier alpha value is -1.58. The number of pyridine rings is 1. The summed E-state index contributed by atoms with van der Waals surface area (Å²) in [5.74, 6) is -0.0581. The van der Waals surface area contributed by atoms with Crippen molar-refractivity contribution in [2.45, 2.75) is 32.7 Å². The lowest BCUT2D eigenvalue weighted by atomic mass is 10.1. The van der Waals surface area contributed by atoms with Crippen molar-refractivity contribution in [2.24, 2.45) is 0 Å². The second kappa shape index (κ2) is 5.49. The van der Waals surface area contributed by atoms with Crippen molar-refractivity contribution in [3.05, 3.63) is 34.2 Å². The van der Waals surface area contributed by atoms with Crippen molar-refractivity contribution in [1.82, 2.24) is 9.88 Å². The SMILES string of the molecule is CCCC(C)N(C)C(=O)c1ccc(=O)[nH]c1. The van der Waals surface area contributed by atoms with E-state index in [1.807, 2.05) is 6.92 Å². The fourth-order valence-corrected chi connectivity index (χ4v) is 1.56. The van der Waals surface area contributed by atoms with E-state index < -0.39 is 0 Å². The van der Waals surface area contributed by atoms with E-state index in [0.717, 1.165) is 12.8 Å². The minimum atomic E-state index is -0.194. The Morgan fingerprint density at radius 3 is 2.69 bits per heavy atom. The Labute approximate surface area is 95.3 Å². The van der Waals surface area contributed by atoms with E-state index in [9.17, 15) is 9.59 Å². The third-order valence-corrected chi connectivity index (χ3v) is 2.72. The highest BCUT2D eigenvalue weighted by Crippen LogP contribution is 2.08. The highest BCUT2D eigenvalue weighted by molar-refractivity contribution is 5.93. The predicted octanol–water partition coefficient (Wildman–Crippen LogP) is 1.64. The summed E-state index contributed by atoms with van der Waals surface area (Å²) >= 11 is 0.